The van der Waals surface area contributed by atoms with Gasteiger partial charge in [0, 0.05) is 23.1 Å². The molecule has 4 rings (SSSR count). The number of aliphatic hydroxyl groups excluding tert-OH is 2. The minimum Gasteiger partial charge on any atom is -0.508 e. The van der Waals surface area contributed by atoms with E-state index in [2.05, 4.69) is 5.16 Å². The largest absolute Gasteiger partial charge is 0.508 e. The number of fused-ring (bicyclic) bond motifs is 3. The average molecular weight is 488 g/mol. The van der Waals surface area contributed by atoms with Crippen LogP contribution in [0.4, 0.5) is 0 Å². The molecule has 0 saturated heterocycles. The number of carbonyl (C=O) groups is 3. The third kappa shape index (κ3) is 3.37. The summed E-state index contributed by atoms with van der Waals surface area (Å²) in [6.45, 7) is 1.69. The molecule has 3 aliphatic carbocycles. The van der Waals surface area contributed by atoms with E-state index < -0.39 is 58.7 Å². The van der Waals surface area contributed by atoms with Gasteiger partial charge in [0.2, 0.25) is 5.91 Å². The number of allylic oxidation sites excluding steroid dienone is 1. The fourth-order valence-electron chi connectivity index (χ4n) is 6.13. The van der Waals surface area contributed by atoms with Gasteiger partial charge in [0.15, 0.2) is 17.2 Å². The van der Waals surface area contributed by atoms with Gasteiger partial charge in [-0.2, -0.15) is 0 Å². The Hall–Kier alpha value is -3.28. The Morgan fingerprint density at radius 1 is 1.26 bits per heavy atom. The van der Waals surface area contributed by atoms with E-state index in [-0.39, 0.29) is 29.7 Å². The summed E-state index contributed by atoms with van der Waals surface area (Å²) >= 11 is 0. The number of oxime groups is 1. The Bertz CT molecular complexity index is 1190. The molecule has 11 nitrogen and oxygen atoms in total. The van der Waals surface area contributed by atoms with Crippen LogP contribution in [0.15, 0.2) is 28.6 Å². The molecule has 188 valence electrons. The van der Waals surface area contributed by atoms with Gasteiger partial charge < -0.3 is 35.9 Å². The third-order valence-electron chi connectivity index (χ3n) is 7.60. The Morgan fingerprint density at radius 3 is 2.49 bits per heavy atom. The van der Waals surface area contributed by atoms with Crippen LogP contribution in [0, 0.1) is 17.8 Å². The Labute approximate surface area is 201 Å². The number of likely N-dealkylation sites (N-methyl/N-ethyl adjacent to an activating group) is 1. The molecule has 1 saturated carbocycles. The molecule has 0 radical (unpaired) electrons. The van der Waals surface area contributed by atoms with Crippen molar-refractivity contribution in [2.45, 2.75) is 37.5 Å². The highest BCUT2D eigenvalue weighted by molar-refractivity contribution is 6.17. The van der Waals surface area contributed by atoms with Gasteiger partial charge in [-0.15, -0.1) is 0 Å². The minimum atomic E-state index is -2.60. The number of ketones is 2. The second kappa shape index (κ2) is 8.43. The van der Waals surface area contributed by atoms with Crippen molar-refractivity contribution >= 4 is 23.2 Å². The lowest BCUT2D eigenvalue weighted by Crippen LogP contribution is -2.71. The topological polar surface area (TPSA) is 183 Å². The number of phenolic OH excluding ortho intramolecular Hbond substituents is 1. The number of benzene rings is 1. The van der Waals surface area contributed by atoms with E-state index in [1.165, 1.54) is 13.2 Å². The smallest absolute Gasteiger partial charge is 0.230 e. The van der Waals surface area contributed by atoms with Crippen molar-refractivity contribution < 1.29 is 39.6 Å². The van der Waals surface area contributed by atoms with Crippen molar-refractivity contribution in [3.8, 4) is 5.75 Å². The molecule has 35 heavy (non-hydrogen) atoms. The van der Waals surface area contributed by atoms with Crippen LogP contribution in [0.2, 0.25) is 0 Å². The Balaban J connectivity index is 1.95. The number of aliphatic hydroxyl groups is 3. The normalized spacial score (nSPS) is 32.8. The number of Topliss-reactive ketones (excluding diaryl/α,β-unsaturated/α-hetero) is 2. The Morgan fingerprint density at radius 2 is 1.91 bits per heavy atom. The Kier molecular flexibility index (Phi) is 5.98. The maximum absolute atomic E-state index is 13.6. The average Bonchev–Trinajstić information content (AvgIpc) is 2.76. The van der Waals surface area contributed by atoms with Gasteiger partial charge >= 0.3 is 0 Å². The lowest BCUT2D eigenvalue weighted by Gasteiger charge is -2.53. The molecule has 0 heterocycles. The van der Waals surface area contributed by atoms with Crippen LogP contribution in [0.25, 0.3) is 0 Å². The molecule has 0 aromatic heterocycles. The van der Waals surface area contributed by atoms with E-state index in [9.17, 15) is 34.8 Å². The summed E-state index contributed by atoms with van der Waals surface area (Å²) in [6, 6.07) is 2.02. The van der Waals surface area contributed by atoms with Gasteiger partial charge in [0.05, 0.1) is 17.4 Å². The first-order chi connectivity index (χ1) is 16.4. The highest BCUT2D eigenvalue weighted by atomic mass is 16.6. The number of nitrogens with zero attached hydrogens (tertiary/aromatic N) is 2. The van der Waals surface area contributed by atoms with E-state index in [1.54, 1.807) is 32.0 Å². The lowest BCUT2D eigenvalue weighted by atomic mass is 9.56. The fourth-order valence-corrected chi connectivity index (χ4v) is 6.13. The molecule has 3 aliphatic rings. The van der Waals surface area contributed by atoms with Gasteiger partial charge in [-0.25, -0.2) is 0 Å². The molecule has 11 heteroatoms. The molecule has 0 bridgehead atoms. The zero-order valence-corrected chi connectivity index (χ0v) is 19.8. The van der Waals surface area contributed by atoms with Crippen molar-refractivity contribution in [1.82, 2.24) is 4.90 Å². The lowest BCUT2D eigenvalue weighted by molar-refractivity contribution is -0.178. The van der Waals surface area contributed by atoms with E-state index in [4.69, 9.17) is 10.6 Å². The molecule has 1 aromatic carbocycles. The third-order valence-corrected chi connectivity index (χ3v) is 7.60. The molecule has 0 spiro atoms. The van der Waals surface area contributed by atoms with Gasteiger partial charge in [0.1, 0.15) is 24.5 Å². The van der Waals surface area contributed by atoms with Gasteiger partial charge in [-0.3, -0.25) is 14.4 Å². The quantitative estimate of drug-likeness (QED) is 0.215. The number of hydrogen-bond donors (Lipinski definition) is 5. The van der Waals surface area contributed by atoms with Crippen LogP contribution in [-0.4, -0.2) is 87.5 Å². The fraction of sp³-hybridized carbons (Fsp3) is 0.500. The zero-order valence-electron chi connectivity index (χ0n) is 19.8. The van der Waals surface area contributed by atoms with Gasteiger partial charge in [0.25, 0.3) is 0 Å². The van der Waals surface area contributed by atoms with Crippen LogP contribution in [0.5, 0.6) is 5.75 Å². The monoisotopic (exact) mass is 487 g/mol. The molecule has 2 unspecified atom stereocenters. The molecule has 6 atom stereocenters. The first kappa shape index (κ1) is 24.8. The number of carbonyl (C=O) groups excluding carboxylic acids is 3. The van der Waals surface area contributed by atoms with Crippen molar-refractivity contribution in [3.63, 3.8) is 0 Å². The summed E-state index contributed by atoms with van der Waals surface area (Å²) in [5.41, 5.74) is 4.06. The van der Waals surface area contributed by atoms with E-state index in [0.717, 1.165) is 0 Å². The van der Waals surface area contributed by atoms with Crippen molar-refractivity contribution in [2.24, 2.45) is 28.6 Å². The maximum Gasteiger partial charge on any atom is 0.230 e. The number of aromatic hydroxyl groups is 1. The SMILES string of the molecule is CO/N=C(\C)c1ccc(O)c2c1C[C@H]1C[C@H]3[C@H](N(C)C)C(O)C(C(N)=O)C(=O)[C@@]3(O)C(O)=C1C2=O. The number of amides is 1. The summed E-state index contributed by atoms with van der Waals surface area (Å²) in [5.74, 6) is -7.66. The second-order valence-corrected chi connectivity index (χ2v) is 9.64. The van der Waals surface area contributed by atoms with E-state index in [0.29, 0.717) is 16.8 Å². The summed E-state index contributed by atoms with van der Waals surface area (Å²) in [5, 5.41) is 48.2. The van der Waals surface area contributed by atoms with Crippen LogP contribution < -0.4 is 5.73 Å². The van der Waals surface area contributed by atoms with Gasteiger partial charge in [-0.05, 0) is 57.5 Å². The zero-order chi connectivity index (χ0) is 26.0. The van der Waals surface area contributed by atoms with Gasteiger partial charge in [-0.1, -0.05) is 5.16 Å². The molecule has 1 amide bonds. The van der Waals surface area contributed by atoms with E-state index >= 15 is 0 Å². The summed E-state index contributed by atoms with van der Waals surface area (Å²) in [7, 11) is 4.61. The number of primary amides is 1. The number of nitrogens with two attached hydrogens (primary N) is 1. The van der Waals surface area contributed by atoms with Crippen molar-refractivity contribution in [1.29, 1.82) is 0 Å². The minimum absolute atomic E-state index is 0.0494. The van der Waals surface area contributed by atoms with Crippen LogP contribution in [0.3, 0.4) is 0 Å². The van der Waals surface area contributed by atoms with Crippen molar-refractivity contribution in [2.75, 3.05) is 21.2 Å². The summed E-state index contributed by atoms with van der Waals surface area (Å²) < 4.78 is 0. The molecular weight excluding hydrogens is 458 g/mol. The molecule has 0 aliphatic heterocycles. The van der Waals surface area contributed by atoms with E-state index in [1.807, 2.05) is 0 Å². The number of rotatable bonds is 4. The molecule has 6 N–H and O–H groups in total. The second-order valence-electron chi connectivity index (χ2n) is 9.64. The predicted octanol–water partition coefficient (Wildman–Crippen LogP) is -0.344. The van der Waals surface area contributed by atoms with Crippen molar-refractivity contribution in [3.05, 3.63) is 40.2 Å². The van der Waals surface area contributed by atoms with Crippen LogP contribution >= 0.6 is 0 Å². The molecule has 1 fully saturated rings. The summed E-state index contributed by atoms with van der Waals surface area (Å²) in [6.07, 6.45) is -1.28. The number of hydrogen-bond acceptors (Lipinski definition) is 10. The molecular formula is C24H29N3O8. The summed E-state index contributed by atoms with van der Waals surface area (Å²) in [4.78, 5) is 45.4. The highest BCUT2D eigenvalue weighted by Gasteiger charge is 2.66. The highest BCUT2D eigenvalue weighted by Crippen LogP contribution is 2.52. The molecule has 1 aromatic rings. The van der Waals surface area contributed by atoms with Crippen LogP contribution in [-0.2, 0) is 20.8 Å². The predicted molar refractivity (Wildman–Crippen MR) is 123 cm³/mol. The standard InChI is InChI=1S/C24H29N3O8/c1-9(26-35-4)11-5-6-14(28)16-12(11)7-10-8-13-18(27(2)3)20(30)17(23(25)33)22(32)24(13,34)21(31)15(10)19(16)29/h5-6,10,13,17-18,20,28,30-31,34H,7-8H2,1-4H3,(H2,25,33)/b26-9+/t10-,13-,17?,18-,20?,24-/m0/s1. The maximum atomic E-state index is 13.6. The first-order valence-electron chi connectivity index (χ1n) is 11.2. The number of phenols is 1. The first-order valence-corrected chi connectivity index (χ1v) is 11.2. The van der Waals surface area contributed by atoms with Crippen LogP contribution in [0.1, 0.15) is 34.8 Å².